The quantitative estimate of drug-likeness (QED) is 0.294. The Morgan fingerprint density at radius 3 is 2.61 bits per heavy atom. The fourth-order valence-corrected chi connectivity index (χ4v) is 6.13. The molecule has 2 aliphatic rings. The van der Waals surface area contributed by atoms with E-state index in [2.05, 4.69) is 9.97 Å². The molecule has 1 saturated heterocycles. The van der Waals surface area contributed by atoms with E-state index in [9.17, 15) is 29.6 Å². The van der Waals surface area contributed by atoms with Crippen LogP contribution in [0.4, 0.5) is 15.8 Å². The smallest absolute Gasteiger partial charge is 0.342 e. The van der Waals surface area contributed by atoms with Crippen LogP contribution in [-0.2, 0) is 0 Å². The number of carbonyl (C=O) groups excluding carboxylic acids is 1. The summed E-state index contributed by atoms with van der Waals surface area (Å²) in [4.78, 5) is 58.5. The highest BCUT2D eigenvalue weighted by Crippen LogP contribution is 2.46. The topological polar surface area (TPSA) is 155 Å². The number of piperazine rings is 1. The monoisotopic (exact) mass is 538 g/mol. The Morgan fingerprint density at radius 1 is 1.21 bits per heavy atom. The molecule has 0 spiro atoms. The summed E-state index contributed by atoms with van der Waals surface area (Å²) in [5, 5.41) is 20.8. The summed E-state index contributed by atoms with van der Waals surface area (Å²) in [7, 11) is 0. The van der Waals surface area contributed by atoms with Gasteiger partial charge in [0.15, 0.2) is 5.82 Å². The number of hydrogen-bond acceptors (Lipinski definition) is 8. The molecule has 1 amide bonds. The number of aromatic amines is 1. The van der Waals surface area contributed by atoms with Crippen molar-refractivity contribution in [3.05, 3.63) is 67.9 Å². The normalized spacial score (nSPS) is 16.9. The molecule has 2 N–H and O–H groups in total. The molecule has 1 atom stereocenters. The maximum atomic E-state index is 15.2. The maximum absolute atomic E-state index is 15.2. The molecule has 2 aromatic heterocycles. The van der Waals surface area contributed by atoms with Crippen LogP contribution < -0.4 is 10.3 Å². The van der Waals surface area contributed by atoms with Crippen LogP contribution in [0, 0.1) is 15.9 Å². The summed E-state index contributed by atoms with van der Waals surface area (Å²) in [5.41, 5.74) is 0.367. The number of thioether (sulfide) groups is 1. The summed E-state index contributed by atoms with van der Waals surface area (Å²) in [6.45, 7) is 3.05. The van der Waals surface area contributed by atoms with Crippen molar-refractivity contribution < 1.29 is 24.0 Å². The second kappa shape index (κ2) is 8.55. The van der Waals surface area contributed by atoms with E-state index in [-0.39, 0.29) is 52.5 Å². The molecule has 4 aromatic rings. The van der Waals surface area contributed by atoms with Gasteiger partial charge in [0.25, 0.3) is 11.6 Å². The molecule has 2 aromatic carbocycles. The van der Waals surface area contributed by atoms with Crippen molar-refractivity contribution >= 4 is 56.9 Å². The first-order valence-corrected chi connectivity index (χ1v) is 12.5. The van der Waals surface area contributed by atoms with E-state index in [1.165, 1.54) is 30.0 Å². The number of non-ortho nitro benzene ring substituents is 1. The number of anilines is 1. The Morgan fingerprint density at radius 2 is 1.95 bits per heavy atom. The minimum atomic E-state index is -1.34. The van der Waals surface area contributed by atoms with Crippen LogP contribution in [0.5, 0.6) is 0 Å². The van der Waals surface area contributed by atoms with Gasteiger partial charge in [0, 0.05) is 43.7 Å². The van der Waals surface area contributed by atoms with Crippen LogP contribution in [0.15, 0.2) is 40.2 Å². The second-order valence-electron chi connectivity index (χ2n) is 9.05. The number of imidazole rings is 1. The number of fused-ring (bicyclic) bond motifs is 4. The van der Waals surface area contributed by atoms with Crippen LogP contribution in [0.2, 0.25) is 0 Å². The minimum Gasteiger partial charge on any atom is -0.477 e. The summed E-state index contributed by atoms with van der Waals surface area (Å²) in [6.07, 6.45) is 0. The lowest BCUT2D eigenvalue weighted by Gasteiger charge is -2.37. The average Bonchev–Trinajstić information content (AvgIpc) is 3.31. The molecule has 0 aliphatic carbocycles. The molecule has 1 unspecified atom stereocenters. The molecule has 2 aliphatic heterocycles. The number of nitro benzene ring substituents is 1. The molecule has 194 valence electrons. The van der Waals surface area contributed by atoms with E-state index in [4.69, 9.17) is 0 Å². The number of H-pyrrole nitrogens is 1. The fourth-order valence-electron chi connectivity index (χ4n) is 4.98. The van der Waals surface area contributed by atoms with Crippen molar-refractivity contribution in [3.8, 4) is 0 Å². The van der Waals surface area contributed by atoms with Gasteiger partial charge in [-0.1, -0.05) is 11.8 Å². The Labute approximate surface area is 216 Å². The zero-order valence-corrected chi connectivity index (χ0v) is 20.6. The SMILES string of the molecule is CC1Sc2c(C(=O)O)c(=O)c3cc(F)c(N4CCN(C(=O)c5nc6ccc([N+](=O)[O-])cc6[nH]5)CC4)cc3n21. The number of carboxylic acids is 1. The van der Waals surface area contributed by atoms with E-state index in [0.717, 1.165) is 6.07 Å². The molecule has 38 heavy (non-hydrogen) atoms. The predicted molar refractivity (Wildman–Crippen MR) is 137 cm³/mol. The first-order valence-electron chi connectivity index (χ1n) is 11.6. The van der Waals surface area contributed by atoms with Gasteiger partial charge >= 0.3 is 5.97 Å². The zero-order chi connectivity index (χ0) is 26.9. The van der Waals surface area contributed by atoms with Gasteiger partial charge in [-0.15, -0.1) is 0 Å². The molecular formula is C24H19FN6O6S. The maximum Gasteiger partial charge on any atom is 0.342 e. The lowest BCUT2D eigenvalue weighted by molar-refractivity contribution is -0.384. The van der Waals surface area contributed by atoms with Crippen molar-refractivity contribution in [1.82, 2.24) is 19.4 Å². The zero-order valence-electron chi connectivity index (χ0n) is 19.8. The fraction of sp³-hybridized carbons (Fsp3) is 0.250. The molecule has 12 nitrogen and oxygen atoms in total. The van der Waals surface area contributed by atoms with E-state index in [1.54, 1.807) is 20.4 Å². The number of pyridine rings is 1. The standard InChI is InChI=1S/C24H19FN6O6S/c1-11-30-17-10-18(14(25)9-13(17)20(32)19(24(34)35)23(30)38-11)28-4-6-29(7-5-28)22(33)21-26-15-3-2-12(31(36)37)8-16(15)27-21/h2-3,8-11H,4-7H2,1H3,(H,26,27)(H,34,35). The third kappa shape index (κ3) is 3.59. The molecule has 14 heteroatoms. The Kier molecular flexibility index (Phi) is 5.38. The Balaban J connectivity index is 1.26. The van der Waals surface area contributed by atoms with Crippen LogP contribution >= 0.6 is 11.8 Å². The number of nitrogens with one attached hydrogen (secondary N) is 1. The number of nitrogens with zero attached hydrogens (tertiary/aromatic N) is 5. The number of hydrogen-bond donors (Lipinski definition) is 2. The Bertz CT molecular complexity index is 1760. The number of halogens is 1. The number of aromatic carboxylic acids is 1. The lowest BCUT2D eigenvalue weighted by atomic mass is 10.1. The van der Waals surface area contributed by atoms with Gasteiger partial charge in [-0.3, -0.25) is 19.7 Å². The highest BCUT2D eigenvalue weighted by atomic mass is 32.2. The number of carbonyl (C=O) groups is 2. The van der Waals surface area contributed by atoms with E-state index < -0.39 is 22.1 Å². The summed E-state index contributed by atoms with van der Waals surface area (Å²) < 4.78 is 16.9. The van der Waals surface area contributed by atoms with Crippen LogP contribution in [0.25, 0.3) is 21.9 Å². The van der Waals surface area contributed by atoms with Gasteiger partial charge in [0.1, 0.15) is 11.4 Å². The number of aromatic nitrogens is 3. The molecule has 0 saturated carbocycles. The number of nitro groups is 1. The van der Waals surface area contributed by atoms with Crippen LogP contribution in [0.3, 0.4) is 0 Å². The molecular weight excluding hydrogens is 519 g/mol. The Hall–Kier alpha value is -4.46. The average molecular weight is 539 g/mol. The van der Waals surface area contributed by atoms with Gasteiger partial charge in [-0.25, -0.2) is 14.2 Å². The predicted octanol–water partition coefficient (Wildman–Crippen LogP) is 3.21. The van der Waals surface area contributed by atoms with Gasteiger partial charge in [-0.05, 0) is 25.1 Å². The van der Waals surface area contributed by atoms with Gasteiger partial charge < -0.3 is 24.5 Å². The number of rotatable bonds is 4. The van der Waals surface area contributed by atoms with Gasteiger partial charge in [-0.2, -0.15) is 0 Å². The molecule has 1 fully saturated rings. The summed E-state index contributed by atoms with van der Waals surface area (Å²) >= 11 is 1.28. The van der Waals surface area contributed by atoms with Gasteiger partial charge in [0.2, 0.25) is 5.43 Å². The van der Waals surface area contributed by atoms with Crippen LogP contribution in [0.1, 0.15) is 33.3 Å². The van der Waals surface area contributed by atoms with Crippen molar-refractivity contribution in [1.29, 1.82) is 0 Å². The number of benzene rings is 2. The van der Waals surface area contributed by atoms with Gasteiger partial charge in [0.05, 0.1) is 37.6 Å². The summed E-state index contributed by atoms with van der Waals surface area (Å²) in [5.74, 6) is -2.30. The molecule has 4 heterocycles. The first kappa shape index (κ1) is 23.9. The highest BCUT2D eigenvalue weighted by molar-refractivity contribution is 8.00. The summed E-state index contributed by atoms with van der Waals surface area (Å²) in [6, 6.07) is 6.77. The van der Waals surface area contributed by atoms with E-state index in [0.29, 0.717) is 34.7 Å². The molecule has 0 radical (unpaired) electrons. The number of amides is 1. The van der Waals surface area contributed by atoms with E-state index >= 15 is 4.39 Å². The van der Waals surface area contributed by atoms with Crippen molar-refractivity contribution in [2.75, 3.05) is 31.1 Å². The molecule has 6 rings (SSSR count). The van der Waals surface area contributed by atoms with Crippen LogP contribution in [-0.4, -0.2) is 67.5 Å². The highest BCUT2D eigenvalue weighted by Gasteiger charge is 2.34. The van der Waals surface area contributed by atoms with Crippen molar-refractivity contribution in [2.24, 2.45) is 0 Å². The van der Waals surface area contributed by atoms with Crippen molar-refractivity contribution in [2.45, 2.75) is 17.3 Å². The third-order valence-corrected chi connectivity index (χ3v) is 8.05. The van der Waals surface area contributed by atoms with E-state index in [1.807, 2.05) is 6.92 Å². The third-order valence-electron chi connectivity index (χ3n) is 6.88. The second-order valence-corrected chi connectivity index (χ2v) is 10.4. The van der Waals surface area contributed by atoms with Crippen molar-refractivity contribution in [3.63, 3.8) is 0 Å². The number of carboxylic acid groups (broad SMARTS) is 1. The first-order chi connectivity index (χ1) is 18.1. The largest absolute Gasteiger partial charge is 0.477 e. The molecule has 0 bridgehead atoms. The minimum absolute atomic E-state index is 0.0125. The lowest BCUT2D eigenvalue weighted by Crippen LogP contribution is -2.49.